The van der Waals surface area contributed by atoms with Crippen molar-refractivity contribution in [3.05, 3.63) is 64.9 Å². The van der Waals surface area contributed by atoms with Gasteiger partial charge in [0.2, 0.25) is 0 Å². The Kier molecular flexibility index (Phi) is 7.17. The van der Waals surface area contributed by atoms with Crippen LogP contribution in [-0.4, -0.2) is 77.4 Å². The maximum atomic E-state index is 15.7. The molecule has 0 saturated carbocycles. The molecular formula is C27H31F5N4O. The number of halogens is 5. The molecule has 2 atom stereocenters. The van der Waals surface area contributed by atoms with Crippen molar-refractivity contribution < 1.29 is 27.1 Å². The maximum Gasteiger partial charge on any atom is 0.283 e. The second-order valence-electron chi connectivity index (χ2n) is 10.2. The fraction of sp³-hybridized carbons (Fsp3) is 0.481. The van der Waals surface area contributed by atoms with Crippen molar-refractivity contribution in [1.29, 1.82) is 0 Å². The molecule has 2 aromatic carbocycles. The molecule has 1 fully saturated rings. The van der Waals surface area contributed by atoms with Gasteiger partial charge in [0.1, 0.15) is 18.2 Å². The number of benzene rings is 2. The van der Waals surface area contributed by atoms with E-state index in [1.807, 2.05) is 18.2 Å². The van der Waals surface area contributed by atoms with Crippen LogP contribution in [0.1, 0.15) is 36.2 Å². The summed E-state index contributed by atoms with van der Waals surface area (Å²) in [6, 6.07) is 8.11. The molecule has 0 unspecified atom stereocenters. The topological polar surface area (TPSA) is 54.5 Å². The summed E-state index contributed by atoms with van der Waals surface area (Å²) in [5.41, 5.74) is 2.07. The number of hydrogen-bond donors (Lipinski definition) is 3. The smallest absolute Gasteiger partial charge is 0.283 e. The van der Waals surface area contributed by atoms with Crippen LogP contribution in [0.5, 0.6) is 0 Å². The molecule has 0 bridgehead atoms. The summed E-state index contributed by atoms with van der Waals surface area (Å²) < 4.78 is 72.7. The van der Waals surface area contributed by atoms with E-state index in [9.17, 15) is 18.3 Å². The Hall–Kier alpha value is -2.69. The zero-order valence-corrected chi connectivity index (χ0v) is 20.6. The van der Waals surface area contributed by atoms with E-state index in [4.69, 9.17) is 0 Å². The lowest BCUT2D eigenvalue weighted by Gasteiger charge is -2.42. The van der Waals surface area contributed by atoms with E-state index in [1.165, 1.54) is 17.0 Å². The zero-order valence-electron chi connectivity index (χ0n) is 20.6. The third-order valence-corrected chi connectivity index (χ3v) is 7.43. The second kappa shape index (κ2) is 10.2. The fourth-order valence-electron chi connectivity index (χ4n) is 5.69. The highest BCUT2D eigenvalue weighted by atomic mass is 19.3. The molecular weight excluding hydrogens is 491 g/mol. The number of fused-ring (bicyclic) bond motifs is 3. The number of aromatic nitrogens is 1. The highest BCUT2D eigenvalue weighted by Crippen LogP contribution is 2.44. The number of nitrogens with one attached hydrogen (secondary N) is 2. The molecule has 0 spiro atoms. The Morgan fingerprint density at radius 2 is 1.81 bits per heavy atom. The number of H-pyrrole nitrogens is 1. The van der Waals surface area contributed by atoms with Crippen molar-refractivity contribution in [2.45, 2.75) is 43.8 Å². The molecule has 3 N–H and O–H groups in total. The minimum atomic E-state index is -3.44. The number of rotatable bonds is 9. The number of nitrogens with zero attached hydrogens (tertiary/aromatic N) is 2. The number of alkyl halides is 3. The first-order valence-electron chi connectivity index (χ1n) is 12.6. The summed E-state index contributed by atoms with van der Waals surface area (Å²) in [5, 5.41) is 13.1. The third kappa shape index (κ3) is 5.06. The summed E-state index contributed by atoms with van der Waals surface area (Å²) in [5.74, 6) is -5.10. The predicted octanol–water partition coefficient (Wildman–Crippen LogP) is 4.87. The molecule has 1 saturated heterocycles. The maximum absolute atomic E-state index is 15.7. The predicted molar refractivity (Wildman–Crippen MR) is 133 cm³/mol. The van der Waals surface area contributed by atoms with Crippen LogP contribution in [0.2, 0.25) is 0 Å². The van der Waals surface area contributed by atoms with Crippen molar-refractivity contribution in [2.75, 3.05) is 44.8 Å². The highest BCUT2D eigenvalue weighted by Gasteiger charge is 2.43. The lowest BCUT2D eigenvalue weighted by atomic mass is 9.86. The van der Waals surface area contributed by atoms with Crippen LogP contribution in [0.25, 0.3) is 10.9 Å². The Balaban J connectivity index is 1.51. The van der Waals surface area contributed by atoms with Gasteiger partial charge in [-0.2, -0.15) is 0 Å². The number of likely N-dealkylation sites (tertiary alicyclic amines) is 1. The lowest BCUT2D eigenvalue weighted by molar-refractivity contribution is -0.0866. The van der Waals surface area contributed by atoms with Crippen molar-refractivity contribution in [2.24, 2.45) is 0 Å². The molecule has 5 nitrogen and oxygen atoms in total. The normalized spacial score (nSPS) is 21.3. The first-order valence-corrected chi connectivity index (χ1v) is 12.6. The molecule has 0 amide bonds. The average molecular weight is 523 g/mol. The summed E-state index contributed by atoms with van der Waals surface area (Å²) in [4.78, 5) is 6.75. The molecule has 0 radical (unpaired) electrons. The molecule has 2 aliphatic heterocycles. The zero-order chi connectivity index (χ0) is 26.3. The molecule has 1 aromatic heterocycles. The molecule has 5 rings (SSSR count). The molecule has 10 heteroatoms. The van der Waals surface area contributed by atoms with Crippen LogP contribution in [0.4, 0.5) is 27.6 Å². The summed E-state index contributed by atoms with van der Waals surface area (Å²) in [7, 11) is 0. The van der Waals surface area contributed by atoms with Gasteiger partial charge < -0.3 is 15.4 Å². The third-order valence-electron chi connectivity index (χ3n) is 7.43. The van der Waals surface area contributed by atoms with E-state index in [2.05, 4.69) is 15.2 Å². The Morgan fingerprint density at radius 3 is 2.49 bits per heavy atom. The summed E-state index contributed by atoms with van der Waals surface area (Å²) >= 11 is 0. The van der Waals surface area contributed by atoms with Crippen LogP contribution < -0.4 is 5.32 Å². The van der Waals surface area contributed by atoms with Gasteiger partial charge in [-0.15, -0.1) is 0 Å². The minimum Gasteiger partial charge on any atom is -0.390 e. The number of anilines is 1. The van der Waals surface area contributed by atoms with Crippen LogP contribution in [0, 0.1) is 11.6 Å². The highest BCUT2D eigenvalue weighted by molar-refractivity contribution is 5.86. The van der Waals surface area contributed by atoms with Crippen molar-refractivity contribution in [3.8, 4) is 0 Å². The van der Waals surface area contributed by atoms with Crippen molar-refractivity contribution in [1.82, 2.24) is 14.8 Å². The van der Waals surface area contributed by atoms with Gasteiger partial charge in [0.25, 0.3) is 5.92 Å². The van der Waals surface area contributed by atoms with Gasteiger partial charge in [0.05, 0.1) is 25.3 Å². The van der Waals surface area contributed by atoms with Crippen molar-refractivity contribution in [3.63, 3.8) is 0 Å². The lowest BCUT2D eigenvalue weighted by Crippen LogP contribution is -2.54. The van der Waals surface area contributed by atoms with Gasteiger partial charge in [-0.1, -0.05) is 18.2 Å². The number of hydrogen-bond acceptors (Lipinski definition) is 4. The SMILES string of the molecule is C[C@H]1Cc2[nH]c3ccccc3c2[C@H](c2c(F)cc(NC3CN(CCCF)C3)cc2F)N1CC(F)(F)CO. The summed E-state index contributed by atoms with van der Waals surface area (Å²) in [6.45, 7) is 1.09. The molecule has 3 heterocycles. The Bertz CT molecular complexity index is 1240. The van der Waals surface area contributed by atoms with E-state index < -0.39 is 42.8 Å². The molecule has 200 valence electrons. The van der Waals surface area contributed by atoms with Crippen molar-refractivity contribution >= 4 is 16.6 Å². The van der Waals surface area contributed by atoms with Gasteiger partial charge in [0.15, 0.2) is 0 Å². The fourth-order valence-corrected chi connectivity index (χ4v) is 5.69. The first kappa shape index (κ1) is 25.9. The van der Waals surface area contributed by atoms with E-state index in [1.54, 1.807) is 13.0 Å². The number of aromatic amines is 1. The monoisotopic (exact) mass is 522 g/mol. The molecule has 37 heavy (non-hydrogen) atoms. The second-order valence-corrected chi connectivity index (χ2v) is 10.2. The Labute approximate surface area is 212 Å². The van der Waals surface area contributed by atoms with Crippen LogP contribution in [0.15, 0.2) is 36.4 Å². The molecule has 0 aliphatic carbocycles. The first-order chi connectivity index (χ1) is 17.7. The van der Waals surface area contributed by atoms with Crippen LogP contribution in [-0.2, 0) is 6.42 Å². The van der Waals surface area contributed by atoms with E-state index in [-0.39, 0.29) is 24.0 Å². The van der Waals surface area contributed by atoms with Gasteiger partial charge >= 0.3 is 0 Å². The van der Waals surface area contributed by atoms with Gasteiger partial charge in [-0.3, -0.25) is 14.2 Å². The number of aliphatic hydroxyl groups excluding tert-OH is 1. The standard InChI is InChI=1S/C27H31F5N4O/c1-16-9-23-24(19-5-2-3-6-22(19)34-23)26(36(16)14-27(31,32)15-37)25-20(29)10-17(11-21(25)30)33-18-12-35(13-18)8-4-7-28/h2-3,5-6,10-11,16,18,26,33-34,37H,4,7-9,12-15H2,1H3/t16-,26+/m0/s1. The quantitative estimate of drug-likeness (QED) is 0.351. The Morgan fingerprint density at radius 1 is 1.11 bits per heavy atom. The average Bonchev–Trinajstić information content (AvgIpc) is 3.19. The van der Waals surface area contributed by atoms with Crippen LogP contribution >= 0.6 is 0 Å². The minimum absolute atomic E-state index is 0.0149. The van der Waals surface area contributed by atoms with Gasteiger partial charge in [-0.05, 0) is 31.5 Å². The number of para-hydroxylation sites is 1. The summed E-state index contributed by atoms with van der Waals surface area (Å²) in [6.07, 6.45) is 0.845. The number of aliphatic hydroxyl groups is 1. The van der Waals surface area contributed by atoms with Gasteiger partial charge in [0, 0.05) is 65.5 Å². The molecule has 3 aromatic rings. The van der Waals surface area contributed by atoms with Gasteiger partial charge in [-0.25, -0.2) is 17.6 Å². The molecule has 2 aliphatic rings. The van der Waals surface area contributed by atoms with Crippen LogP contribution in [0.3, 0.4) is 0 Å². The van der Waals surface area contributed by atoms with E-state index in [0.29, 0.717) is 38.0 Å². The van der Waals surface area contributed by atoms with E-state index in [0.717, 1.165) is 16.6 Å². The largest absolute Gasteiger partial charge is 0.390 e. The van der Waals surface area contributed by atoms with E-state index >= 15 is 8.78 Å².